The highest BCUT2D eigenvalue weighted by Crippen LogP contribution is 2.25. The van der Waals surface area contributed by atoms with Crippen LogP contribution in [0.2, 0.25) is 0 Å². The highest BCUT2D eigenvalue weighted by molar-refractivity contribution is 6.21. The molecule has 0 aliphatic rings. The number of hydrogen-bond acceptors (Lipinski definition) is 4. The molecule has 2 aromatic carbocycles. The van der Waals surface area contributed by atoms with Gasteiger partial charge >= 0.3 is 5.97 Å². The van der Waals surface area contributed by atoms with Gasteiger partial charge in [-0.05, 0) is 29.8 Å². The van der Waals surface area contributed by atoms with E-state index in [4.69, 9.17) is 0 Å². The summed E-state index contributed by atoms with van der Waals surface area (Å²) in [6.07, 6.45) is 1.32. The predicted molar refractivity (Wildman–Crippen MR) is 79.4 cm³/mol. The fourth-order valence-corrected chi connectivity index (χ4v) is 1.96. The van der Waals surface area contributed by atoms with E-state index in [1.165, 1.54) is 49.6 Å². The van der Waals surface area contributed by atoms with Crippen molar-refractivity contribution in [2.75, 3.05) is 7.11 Å². The molecule has 0 aliphatic heterocycles. The van der Waals surface area contributed by atoms with Crippen molar-refractivity contribution in [3.63, 3.8) is 0 Å². The van der Waals surface area contributed by atoms with Gasteiger partial charge in [0.05, 0.1) is 23.2 Å². The summed E-state index contributed by atoms with van der Waals surface area (Å²) in [5, 5.41) is 11.0. The van der Waals surface area contributed by atoms with Crippen LogP contribution in [0.15, 0.2) is 48.5 Å². The first-order valence-corrected chi connectivity index (χ1v) is 6.32. The minimum atomic E-state index is -0.705. The normalized spacial score (nSPS) is 11.1. The van der Waals surface area contributed by atoms with Crippen LogP contribution >= 0.6 is 0 Å². The second-order valence-corrected chi connectivity index (χ2v) is 4.38. The molecule has 0 aromatic heterocycles. The molecular weight excluding hydrogens is 289 g/mol. The molecule has 0 aliphatic carbocycles. The summed E-state index contributed by atoms with van der Waals surface area (Å²) in [5.41, 5.74) is 0.402. The minimum absolute atomic E-state index is 0.0382. The first-order valence-electron chi connectivity index (χ1n) is 6.32. The maximum Gasteiger partial charge on any atom is 0.338 e. The van der Waals surface area contributed by atoms with Crippen molar-refractivity contribution < 1.29 is 18.8 Å². The van der Waals surface area contributed by atoms with Crippen molar-refractivity contribution in [1.82, 2.24) is 0 Å². The van der Waals surface area contributed by atoms with E-state index in [0.717, 1.165) is 6.07 Å². The van der Waals surface area contributed by atoms with Crippen LogP contribution in [-0.4, -0.2) is 18.0 Å². The van der Waals surface area contributed by atoms with Crippen LogP contribution < -0.4 is 0 Å². The second kappa shape index (κ2) is 6.62. The third-order valence-electron chi connectivity index (χ3n) is 2.97. The van der Waals surface area contributed by atoms with Crippen molar-refractivity contribution in [3.05, 3.63) is 75.6 Å². The van der Waals surface area contributed by atoms with Crippen molar-refractivity contribution in [2.24, 2.45) is 0 Å². The fourth-order valence-electron chi connectivity index (χ4n) is 1.96. The highest BCUT2D eigenvalue weighted by atomic mass is 19.1. The van der Waals surface area contributed by atoms with E-state index in [1.54, 1.807) is 6.07 Å². The average Bonchev–Trinajstić information content (AvgIpc) is 2.52. The van der Waals surface area contributed by atoms with Crippen LogP contribution in [0.1, 0.15) is 11.1 Å². The monoisotopic (exact) mass is 301 g/mol. The number of ether oxygens (including phenoxy) is 1. The first kappa shape index (κ1) is 15.4. The number of nitrogens with zero attached hydrogens (tertiary/aromatic N) is 1. The summed E-state index contributed by atoms with van der Waals surface area (Å²) in [7, 11) is 1.19. The summed E-state index contributed by atoms with van der Waals surface area (Å²) in [6, 6.07) is 11.3. The zero-order valence-corrected chi connectivity index (χ0v) is 11.7. The van der Waals surface area contributed by atoms with Crippen LogP contribution in [0.3, 0.4) is 0 Å². The molecule has 0 amide bonds. The zero-order valence-electron chi connectivity index (χ0n) is 11.7. The topological polar surface area (TPSA) is 69.4 Å². The number of benzene rings is 2. The molecule has 112 valence electrons. The van der Waals surface area contributed by atoms with Crippen LogP contribution in [0.25, 0.3) is 11.6 Å². The molecule has 0 saturated heterocycles. The van der Waals surface area contributed by atoms with Gasteiger partial charge in [-0.3, -0.25) is 10.1 Å². The van der Waals surface area contributed by atoms with Crippen LogP contribution in [0, 0.1) is 15.9 Å². The number of rotatable bonds is 4. The molecule has 0 atom stereocenters. The number of esters is 1. The lowest BCUT2D eigenvalue weighted by atomic mass is 10.0. The number of carbonyl (C=O) groups is 1. The molecule has 5 nitrogen and oxygen atoms in total. The summed E-state index contributed by atoms with van der Waals surface area (Å²) < 4.78 is 18.0. The maximum atomic E-state index is 13.4. The smallest absolute Gasteiger partial charge is 0.338 e. The van der Waals surface area contributed by atoms with Gasteiger partial charge in [0.15, 0.2) is 0 Å². The summed E-state index contributed by atoms with van der Waals surface area (Å²) in [4.78, 5) is 22.4. The van der Waals surface area contributed by atoms with E-state index in [9.17, 15) is 19.3 Å². The second-order valence-electron chi connectivity index (χ2n) is 4.38. The predicted octanol–water partition coefficient (Wildman–Crippen LogP) is 3.45. The van der Waals surface area contributed by atoms with Gasteiger partial charge in [0.25, 0.3) is 5.69 Å². The molecule has 0 fully saturated rings. The number of methoxy groups -OCH3 is 1. The molecule has 0 radical (unpaired) electrons. The summed E-state index contributed by atoms with van der Waals surface area (Å²) in [5.74, 6) is -1.22. The van der Waals surface area contributed by atoms with Crippen molar-refractivity contribution in [3.8, 4) is 0 Å². The number of carbonyl (C=O) groups excluding carboxylic acids is 1. The Morgan fingerprint density at radius 2 is 1.95 bits per heavy atom. The number of halogens is 1. The molecular formula is C16H12FNO4. The van der Waals surface area contributed by atoms with E-state index in [0.29, 0.717) is 0 Å². The molecule has 0 spiro atoms. The molecule has 2 rings (SSSR count). The lowest BCUT2D eigenvalue weighted by Gasteiger charge is -2.06. The van der Waals surface area contributed by atoms with Crippen molar-refractivity contribution in [2.45, 2.75) is 0 Å². The van der Waals surface area contributed by atoms with Gasteiger partial charge in [0.2, 0.25) is 0 Å². The molecule has 0 bridgehead atoms. The number of nitro benzene ring substituents is 1. The molecule has 0 N–H and O–H groups in total. The van der Waals surface area contributed by atoms with Gasteiger partial charge < -0.3 is 4.74 Å². The van der Waals surface area contributed by atoms with E-state index in [-0.39, 0.29) is 22.4 Å². The third kappa shape index (κ3) is 3.35. The lowest BCUT2D eigenvalue weighted by Crippen LogP contribution is -2.04. The Hall–Kier alpha value is -3.02. The Labute approximate surface area is 125 Å². The van der Waals surface area contributed by atoms with Crippen molar-refractivity contribution >= 4 is 23.3 Å². The van der Waals surface area contributed by atoms with E-state index < -0.39 is 16.7 Å². The molecule has 0 saturated carbocycles. The molecule has 0 heterocycles. The Bertz CT molecular complexity index is 755. The van der Waals surface area contributed by atoms with Gasteiger partial charge in [0, 0.05) is 6.07 Å². The Morgan fingerprint density at radius 3 is 2.59 bits per heavy atom. The standard InChI is InChI=1S/C16H12FNO4/c1-22-16(19)14(11-6-4-7-13(17)9-11)10-12-5-2-3-8-15(12)18(20)21/h2-10H,1H3/b14-10+. The molecule has 6 heteroatoms. The van der Waals surface area contributed by atoms with Gasteiger partial charge in [-0.1, -0.05) is 24.3 Å². The van der Waals surface area contributed by atoms with Crippen LogP contribution in [-0.2, 0) is 9.53 Å². The van der Waals surface area contributed by atoms with E-state index >= 15 is 0 Å². The lowest BCUT2D eigenvalue weighted by molar-refractivity contribution is -0.385. The SMILES string of the molecule is COC(=O)/C(=C/c1ccccc1[N+](=O)[O-])c1cccc(F)c1. The number of para-hydroxylation sites is 1. The average molecular weight is 301 g/mol. The van der Waals surface area contributed by atoms with Crippen LogP contribution in [0.4, 0.5) is 10.1 Å². The van der Waals surface area contributed by atoms with E-state index in [1.807, 2.05) is 0 Å². The molecule has 0 unspecified atom stereocenters. The third-order valence-corrected chi connectivity index (χ3v) is 2.97. The first-order chi connectivity index (χ1) is 10.5. The van der Waals surface area contributed by atoms with Crippen LogP contribution in [0.5, 0.6) is 0 Å². The summed E-state index contributed by atoms with van der Waals surface area (Å²) in [6.45, 7) is 0. The maximum absolute atomic E-state index is 13.4. The number of nitro groups is 1. The fraction of sp³-hybridized carbons (Fsp3) is 0.0625. The quantitative estimate of drug-likeness (QED) is 0.285. The Morgan fingerprint density at radius 1 is 1.23 bits per heavy atom. The molecule has 22 heavy (non-hydrogen) atoms. The minimum Gasteiger partial charge on any atom is -0.465 e. The largest absolute Gasteiger partial charge is 0.465 e. The van der Waals surface area contributed by atoms with Gasteiger partial charge in [-0.2, -0.15) is 0 Å². The van der Waals surface area contributed by atoms with Gasteiger partial charge in [0.1, 0.15) is 5.82 Å². The van der Waals surface area contributed by atoms with E-state index in [2.05, 4.69) is 4.74 Å². The Kier molecular flexibility index (Phi) is 4.63. The van der Waals surface area contributed by atoms with Gasteiger partial charge in [-0.25, -0.2) is 9.18 Å². The highest BCUT2D eigenvalue weighted by Gasteiger charge is 2.17. The summed E-state index contributed by atoms with van der Waals surface area (Å²) >= 11 is 0. The van der Waals surface area contributed by atoms with Crippen molar-refractivity contribution in [1.29, 1.82) is 0 Å². The number of hydrogen-bond donors (Lipinski definition) is 0. The van der Waals surface area contributed by atoms with Gasteiger partial charge in [-0.15, -0.1) is 0 Å². The zero-order chi connectivity index (χ0) is 16.1. The Balaban J connectivity index is 2.60. The molecule has 2 aromatic rings.